The van der Waals surface area contributed by atoms with Crippen molar-refractivity contribution < 1.29 is 9.53 Å². The molecule has 0 bridgehead atoms. The lowest BCUT2D eigenvalue weighted by atomic mass is 10.1. The minimum Gasteiger partial charge on any atom is -0.383 e. The molecule has 0 spiro atoms. The predicted molar refractivity (Wildman–Crippen MR) is 106 cm³/mol. The lowest BCUT2D eigenvalue weighted by Crippen LogP contribution is -2.49. The van der Waals surface area contributed by atoms with Gasteiger partial charge >= 0.3 is 0 Å². The van der Waals surface area contributed by atoms with E-state index in [1.54, 1.807) is 0 Å². The minimum absolute atomic E-state index is 0.0590. The monoisotopic (exact) mass is 353 g/mol. The van der Waals surface area contributed by atoms with Crippen LogP contribution in [-0.4, -0.2) is 49.7 Å². The molecule has 3 rings (SSSR count). The number of benzene rings is 2. The Hall–Kier alpha value is -2.37. The summed E-state index contributed by atoms with van der Waals surface area (Å²) in [4.78, 5) is 14.7. The number of carbonyl (C=O) groups is 1. The third-order valence-corrected chi connectivity index (χ3v) is 4.49. The van der Waals surface area contributed by atoms with Gasteiger partial charge in [-0.3, -0.25) is 4.79 Å². The molecular formula is C21H27N3O2. The van der Waals surface area contributed by atoms with Crippen LogP contribution in [-0.2, 0) is 16.0 Å². The van der Waals surface area contributed by atoms with Crippen molar-refractivity contribution in [1.29, 1.82) is 0 Å². The normalized spacial score (nSPS) is 20.5. The Morgan fingerprint density at radius 3 is 2.50 bits per heavy atom. The lowest BCUT2D eigenvalue weighted by Gasteiger charge is -2.33. The summed E-state index contributed by atoms with van der Waals surface area (Å²) >= 11 is 0. The molecule has 1 saturated heterocycles. The van der Waals surface area contributed by atoms with Crippen molar-refractivity contribution in [2.24, 2.45) is 0 Å². The van der Waals surface area contributed by atoms with Crippen LogP contribution in [0.15, 0.2) is 54.6 Å². The Bertz CT molecular complexity index is 710. The van der Waals surface area contributed by atoms with Crippen LogP contribution in [0.25, 0.3) is 0 Å². The van der Waals surface area contributed by atoms with Gasteiger partial charge in [-0.2, -0.15) is 0 Å². The maximum absolute atomic E-state index is 12.6. The highest BCUT2D eigenvalue weighted by atomic mass is 16.5. The van der Waals surface area contributed by atoms with Gasteiger partial charge < -0.3 is 20.3 Å². The van der Waals surface area contributed by atoms with Crippen molar-refractivity contribution in [3.8, 4) is 0 Å². The molecule has 2 N–H and O–H groups in total. The van der Waals surface area contributed by atoms with Crippen molar-refractivity contribution in [2.45, 2.75) is 25.6 Å². The zero-order chi connectivity index (χ0) is 18.4. The van der Waals surface area contributed by atoms with Crippen LogP contribution >= 0.6 is 0 Å². The summed E-state index contributed by atoms with van der Waals surface area (Å²) in [5.41, 5.74) is 3.00. The van der Waals surface area contributed by atoms with Crippen molar-refractivity contribution >= 4 is 17.3 Å². The molecule has 0 unspecified atom stereocenters. The highest BCUT2D eigenvalue weighted by molar-refractivity contribution is 5.97. The van der Waals surface area contributed by atoms with E-state index in [0.717, 1.165) is 30.9 Å². The van der Waals surface area contributed by atoms with Gasteiger partial charge in [0, 0.05) is 19.6 Å². The molecule has 1 fully saturated rings. The summed E-state index contributed by atoms with van der Waals surface area (Å²) in [6, 6.07) is 18.1. The average Bonchev–Trinajstić information content (AvgIpc) is 2.63. The maximum atomic E-state index is 12.6. The van der Waals surface area contributed by atoms with Gasteiger partial charge in [0.25, 0.3) is 5.91 Å². The summed E-state index contributed by atoms with van der Waals surface area (Å²) < 4.78 is 5.80. The zero-order valence-corrected chi connectivity index (χ0v) is 15.4. The molecule has 5 heteroatoms. The molecule has 0 saturated carbocycles. The fourth-order valence-electron chi connectivity index (χ4n) is 3.25. The molecule has 138 valence electrons. The van der Waals surface area contributed by atoms with Gasteiger partial charge in [0.05, 0.1) is 17.5 Å². The third kappa shape index (κ3) is 5.07. The molecule has 2 aromatic rings. The second-order valence-electron chi connectivity index (χ2n) is 6.85. The Morgan fingerprint density at radius 2 is 1.77 bits per heavy atom. The topological polar surface area (TPSA) is 53.6 Å². The average molecular weight is 353 g/mol. The van der Waals surface area contributed by atoms with E-state index in [-0.39, 0.29) is 12.0 Å². The molecule has 0 aromatic heterocycles. The van der Waals surface area contributed by atoms with Crippen LogP contribution in [0.5, 0.6) is 0 Å². The van der Waals surface area contributed by atoms with Gasteiger partial charge in [0.15, 0.2) is 0 Å². The Kier molecular flexibility index (Phi) is 6.26. The number of likely N-dealkylation sites (N-methyl/N-ethyl adjacent to an activating group) is 1. The van der Waals surface area contributed by atoms with Gasteiger partial charge in [0.2, 0.25) is 0 Å². The highest BCUT2D eigenvalue weighted by Gasteiger charge is 2.28. The Labute approximate surface area is 155 Å². The number of amides is 1. The number of carbonyl (C=O) groups excluding carboxylic acids is 1. The summed E-state index contributed by atoms with van der Waals surface area (Å²) in [6.45, 7) is 4.26. The van der Waals surface area contributed by atoms with E-state index in [4.69, 9.17) is 4.74 Å². The van der Waals surface area contributed by atoms with Gasteiger partial charge in [0.1, 0.15) is 6.10 Å². The Balaban J connectivity index is 1.59. The van der Waals surface area contributed by atoms with Gasteiger partial charge in [-0.1, -0.05) is 42.5 Å². The number of hydrogen-bond acceptors (Lipinski definition) is 4. The summed E-state index contributed by atoms with van der Waals surface area (Å²) in [6.07, 6.45) is 0.543. The van der Waals surface area contributed by atoms with Crippen LogP contribution in [0.1, 0.15) is 12.5 Å². The molecule has 1 amide bonds. The molecule has 0 radical (unpaired) electrons. The summed E-state index contributed by atoms with van der Waals surface area (Å²) in [5.74, 6) is -0.0966. The van der Waals surface area contributed by atoms with E-state index in [1.165, 1.54) is 5.56 Å². The molecule has 1 heterocycles. The van der Waals surface area contributed by atoms with E-state index in [1.807, 2.05) is 56.4 Å². The minimum atomic E-state index is -0.443. The first-order valence-electron chi connectivity index (χ1n) is 9.13. The molecular weight excluding hydrogens is 326 g/mol. The van der Waals surface area contributed by atoms with E-state index in [2.05, 4.69) is 27.7 Å². The lowest BCUT2D eigenvalue weighted by molar-refractivity contribution is -0.139. The van der Waals surface area contributed by atoms with Gasteiger partial charge in [-0.05, 0) is 38.1 Å². The number of nitrogens with one attached hydrogen (secondary N) is 2. The van der Waals surface area contributed by atoms with Crippen LogP contribution < -0.4 is 10.6 Å². The summed E-state index contributed by atoms with van der Waals surface area (Å²) in [7, 11) is 2.01. The first kappa shape index (κ1) is 18.4. The molecule has 2 aromatic carbocycles. The smallest absolute Gasteiger partial charge is 0.254 e. The second-order valence-corrected chi connectivity index (χ2v) is 6.85. The number of morpholine rings is 1. The third-order valence-electron chi connectivity index (χ3n) is 4.49. The van der Waals surface area contributed by atoms with E-state index < -0.39 is 6.10 Å². The Morgan fingerprint density at radius 1 is 1.08 bits per heavy atom. The number of ether oxygens (including phenoxy) is 1. The molecule has 1 aliphatic heterocycles. The molecule has 0 aliphatic carbocycles. The fraction of sp³-hybridized carbons (Fsp3) is 0.381. The SMILES string of the molecule is C[C@@H]1CN(C)C[C@H](C(=O)Nc2ccccc2NCCc2ccccc2)O1. The van der Waals surface area contributed by atoms with E-state index in [0.29, 0.717) is 6.54 Å². The van der Waals surface area contributed by atoms with Crippen molar-refractivity contribution in [3.05, 3.63) is 60.2 Å². The number of rotatable bonds is 6. The molecule has 5 nitrogen and oxygen atoms in total. The molecule has 2 atom stereocenters. The quantitative estimate of drug-likeness (QED) is 0.838. The van der Waals surface area contributed by atoms with Crippen molar-refractivity contribution in [2.75, 3.05) is 37.3 Å². The number of hydrogen-bond donors (Lipinski definition) is 2. The first-order valence-corrected chi connectivity index (χ1v) is 9.13. The molecule has 1 aliphatic rings. The largest absolute Gasteiger partial charge is 0.383 e. The van der Waals surface area contributed by atoms with Crippen LogP contribution in [0, 0.1) is 0 Å². The van der Waals surface area contributed by atoms with Crippen LogP contribution in [0.4, 0.5) is 11.4 Å². The van der Waals surface area contributed by atoms with Gasteiger partial charge in [-0.25, -0.2) is 0 Å². The number of anilines is 2. The number of nitrogens with zero attached hydrogens (tertiary/aromatic N) is 1. The maximum Gasteiger partial charge on any atom is 0.254 e. The highest BCUT2D eigenvalue weighted by Crippen LogP contribution is 2.22. The van der Waals surface area contributed by atoms with Crippen LogP contribution in [0.3, 0.4) is 0 Å². The van der Waals surface area contributed by atoms with Crippen molar-refractivity contribution in [3.63, 3.8) is 0 Å². The molecule has 26 heavy (non-hydrogen) atoms. The fourth-order valence-corrected chi connectivity index (χ4v) is 3.25. The van der Waals surface area contributed by atoms with E-state index >= 15 is 0 Å². The standard InChI is InChI=1S/C21H27N3O2/c1-16-14-24(2)15-20(26-16)21(25)23-19-11-7-6-10-18(19)22-13-12-17-8-4-3-5-9-17/h3-11,16,20,22H,12-15H2,1-2H3,(H,23,25)/t16-,20-/m1/s1. The first-order chi connectivity index (χ1) is 12.6. The summed E-state index contributed by atoms with van der Waals surface area (Å²) in [5, 5.41) is 6.44. The second kappa shape index (κ2) is 8.83. The van der Waals surface area contributed by atoms with Gasteiger partial charge in [-0.15, -0.1) is 0 Å². The van der Waals surface area contributed by atoms with E-state index in [9.17, 15) is 4.79 Å². The number of para-hydroxylation sites is 2. The predicted octanol–water partition coefficient (Wildman–Crippen LogP) is 3.00. The zero-order valence-electron chi connectivity index (χ0n) is 15.4. The van der Waals surface area contributed by atoms with Crippen LogP contribution in [0.2, 0.25) is 0 Å². The van der Waals surface area contributed by atoms with Crippen molar-refractivity contribution in [1.82, 2.24) is 4.90 Å².